The molecule has 130 valence electrons. The van der Waals surface area contributed by atoms with E-state index >= 15 is 0 Å². The number of thioether (sulfide) groups is 1. The normalized spacial score (nSPS) is 13.8. The summed E-state index contributed by atoms with van der Waals surface area (Å²) in [5.74, 6) is 1.08. The average molecular weight is 356 g/mol. The summed E-state index contributed by atoms with van der Waals surface area (Å²) < 4.78 is 5.29. The Bertz CT molecular complexity index is 779. The van der Waals surface area contributed by atoms with E-state index in [2.05, 4.69) is 5.32 Å². The van der Waals surface area contributed by atoms with E-state index in [9.17, 15) is 9.59 Å². The molecule has 3 rings (SSSR count). The highest BCUT2D eigenvalue weighted by atomic mass is 32.2. The van der Waals surface area contributed by atoms with E-state index in [4.69, 9.17) is 4.74 Å². The summed E-state index contributed by atoms with van der Waals surface area (Å²) in [6.45, 7) is 0.736. The summed E-state index contributed by atoms with van der Waals surface area (Å²) in [6, 6.07) is 15.0. The van der Waals surface area contributed by atoms with Crippen molar-refractivity contribution in [2.24, 2.45) is 0 Å². The summed E-state index contributed by atoms with van der Waals surface area (Å²) in [6.07, 6.45) is 1.47. The predicted octanol–water partition coefficient (Wildman–Crippen LogP) is 3.55. The lowest BCUT2D eigenvalue weighted by molar-refractivity contribution is -0.117. The zero-order valence-corrected chi connectivity index (χ0v) is 14.8. The minimum Gasteiger partial charge on any atom is -0.496 e. The summed E-state index contributed by atoms with van der Waals surface area (Å²) in [5, 5.41) is 2.89. The molecular weight excluding hydrogens is 336 g/mol. The van der Waals surface area contributed by atoms with E-state index in [1.54, 1.807) is 12.0 Å². The zero-order chi connectivity index (χ0) is 17.6. The van der Waals surface area contributed by atoms with Crippen molar-refractivity contribution in [1.82, 2.24) is 0 Å². The molecule has 2 aromatic rings. The molecule has 1 saturated heterocycles. The van der Waals surface area contributed by atoms with Gasteiger partial charge in [-0.1, -0.05) is 18.2 Å². The van der Waals surface area contributed by atoms with Gasteiger partial charge in [-0.2, -0.15) is 0 Å². The Hall–Kier alpha value is -2.47. The van der Waals surface area contributed by atoms with E-state index in [1.165, 1.54) is 11.8 Å². The molecule has 0 radical (unpaired) electrons. The van der Waals surface area contributed by atoms with Gasteiger partial charge in [-0.05, 0) is 36.8 Å². The largest absolute Gasteiger partial charge is 0.496 e. The first-order valence-corrected chi connectivity index (χ1v) is 9.12. The third-order valence-electron chi connectivity index (χ3n) is 3.94. The van der Waals surface area contributed by atoms with E-state index in [0.29, 0.717) is 12.1 Å². The van der Waals surface area contributed by atoms with Crippen LogP contribution in [0.1, 0.15) is 12.8 Å². The molecule has 25 heavy (non-hydrogen) atoms. The lowest BCUT2D eigenvalue weighted by Gasteiger charge is -2.16. The first kappa shape index (κ1) is 17.4. The molecule has 0 atom stereocenters. The predicted molar refractivity (Wildman–Crippen MR) is 100 cm³/mol. The van der Waals surface area contributed by atoms with Gasteiger partial charge in [0.1, 0.15) is 5.75 Å². The Labute approximate surface area is 151 Å². The Morgan fingerprint density at radius 3 is 2.84 bits per heavy atom. The number of hydrogen-bond acceptors (Lipinski definition) is 4. The number of benzene rings is 2. The van der Waals surface area contributed by atoms with Crippen molar-refractivity contribution in [3.63, 3.8) is 0 Å². The van der Waals surface area contributed by atoms with E-state index in [1.807, 2.05) is 48.5 Å². The average Bonchev–Trinajstić information content (AvgIpc) is 3.06. The Balaban J connectivity index is 1.60. The first-order valence-electron chi connectivity index (χ1n) is 8.13. The van der Waals surface area contributed by atoms with Gasteiger partial charge in [0.2, 0.25) is 11.8 Å². The molecule has 6 heteroatoms. The second kappa shape index (κ2) is 8.07. The van der Waals surface area contributed by atoms with Gasteiger partial charge < -0.3 is 15.0 Å². The van der Waals surface area contributed by atoms with Crippen LogP contribution < -0.4 is 15.0 Å². The van der Waals surface area contributed by atoms with Gasteiger partial charge in [0, 0.05) is 29.2 Å². The van der Waals surface area contributed by atoms with Crippen LogP contribution in [0, 0.1) is 0 Å². The Morgan fingerprint density at radius 2 is 2.08 bits per heavy atom. The van der Waals surface area contributed by atoms with Gasteiger partial charge in [0.05, 0.1) is 12.9 Å². The second-order valence-corrected chi connectivity index (χ2v) is 6.70. The molecule has 0 unspecified atom stereocenters. The molecule has 2 amide bonds. The summed E-state index contributed by atoms with van der Waals surface area (Å²) in [4.78, 5) is 26.8. The Morgan fingerprint density at radius 1 is 1.24 bits per heavy atom. The molecule has 0 bridgehead atoms. The fourth-order valence-electron chi connectivity index (χ4n) is 2.75. The van der Waals surface area contributed by atoms with Crippen LogP contribution in [0.2, 0.25) is 0 Å². The van der Waals surface area contributed by atoms with Crippen LogP contribution in [-0.2, 0) is 9.59 Å². The van der Waals surface area contributed by atoms with Crippen LogP contribution in [-0.4, -0.2) is 31.2 Å². The fraction of sp³-hybridized carbons (Fsp3) is 0.263. The minimum atomic E-state index is -0.0965. The summed E-state index contributed by atoms with van der Waals surface area (Å²) >= 11 is 1.43. The van der Waals surface area contributed by atoms with Gasteiger partial charge >= 0.3 is 0 Å². The van der Waals surface area contributed by atoms with Crippen LogP contribution in [0.25, 0.3) is 0 Å². The number of rotatable bonds is 6. The standard InChI is InChI=1S/C19H20N2O3S/c1-24-16-8-2-3-9-17(16)25-13-18(22)20-14-6-4-7-15(12-14)21-11-5-10-19(21)23/h2-4,6-9,12H,5,10-11,13H2,1H3,(H,20,22). The lowest BCUT2D eigenvalue weighted by atomic mass is 10.2. The molecule has 0 aromatic heterocycles. The van der Waals surface area contributed by atoms with Gasteiger partial charge in [0.15, 0.2) is 0 Å². The maximum atomic E-state index is 12.2. The first-order chi connectivity index (χ1) is 12.2. The van der Waals surface area contributed by atoms with Gasteiger partial charge in [-0.3, -0.25) is 9.59 Å². The second-order valence-electron chi connectivity index (χ2n) is 5.69. The van der Waals surface area contributed by atoms with E-state index < -0.39 is 0 Å². The lowest BCUT2D eigenvalue weighted by Crippen LogP contribution is -2.23. The molecule has 1 heterocycles. The van der Waals surface area contributed by atoms with Crippen LogP contribution >= 0.6 is 11.8 Å². The highest BCUT2D eigenvalue weighted by Crippen LogP contribution is 2.29. The third kappa shape index (κ3) is 4.33. The quantitative estimate of drug-likeness (QED) is 0.804. The summed E-state index contributed by atoms with van der Waals surface area (Å²) in [7, 11) is 1.62. The van der Waals surface area contributed by atoms with Gasteiger partial charge in [-0.15, -0.1) is 11.8 Å². The minimum absolute atomic E-state index is 0.0965. The fourth-order valence-corrected chi connectivity index (χ4v) is 3.58. The smallest absolute Gasteiger partial charge is 0.234 e. The van der Waals surface area contributed by atoms with Crippen molar-refractivity contribution in [3.8, 4) is 5.75 Å². The number of hydrogen-bond donors (Lipinski definition) is 1. The highest BCUT2D eigenvalue weighted by molar-refractivity contribution is 8.00. The third-order valence-corrected chi connectivity index (χ3v) is 5.00. The van der Waals surface area contributed by atoms with Crippen molar-refractivity contribution in [3.05, 3.63) is 48.5 Å². The molecule has 1 aliphatic heterocycles. The molecule has 2 aromatic carbocycles. The molecule has 0 saturated carbocycles. The molecule has 1 aliphatic rings. The monoisotopic (exact) mass is 356 g/mol. The number of ether oxygens (including phenoxy) is 1. The molecule has 1 fully saturated rings. The molecule has 0 spiro atoms. The van der Waals surface area contributed by atoms with Crippen LogP contribution in [0.15, 0.2) is 53.4 Å². The topological polar surface area (TPSA) is 58.6 Å². The maximum Gasteiger partial charge on any atom is 0.234 e. The van der Waals surface area contributed by atoms with Crippen LogP contribution in [0.5, 0.6) is 5.75 Å². The molecule has 1 N–H and O–H groups in total. The number of anilines is 2. The van der Waals surface area contributed by atoms with Crippen molar-refractivity contribution < 1.29 is 14.3 Å². The summed E-state index contributed by atoms with van der Waals surface area (Å²) in [5.41, 5.74) is 1.53. The van der Waals surface area contributed by atoms with Crippen molar-refractivity contribution in [2.45, 2.75) is 17.7 Å². The number of nitrogens with zero attached hydrogens (tertiary/aromatic N) is 1. The Kier molecular flexibility index (Phi) is 5.60. The van der Waals surface area contributed by atoms with Gasteiger partial charge in [0.25, 0.3) is 0 Å². The number of amides is 2. The highest BCUT2D eigenvalue weighted by Gasteiger charge is 2.21. The number of nitrogens with one attached hydrogen (secondary N) is 1. The van der Waals surface area contributed by atoms with Crippen molar-refractivity contribution >= 4 is 35.0 Å². The number of para-hydroxylation sites is 1. The number of carbonyl (C=O) groups excluding carboxylic acids is 2. The van der Waals surface area contributed by atoms with Gasteiger partial charge in [-0.25, -0.2) is 0 Å². The van der Waals surface area contributed by atoms with E-state index in [-0.39, 0.29) is 17.6 Å². The molecule has 5 nitrogen and oxygen atoms in total. The van der Waals surface area contributed by atoms with Crippen molar-refractivity contribution in [1.29, 1.82) is 0 Å². The van der Waals surface area contributed by atoms with Crippen LogP contribution in [0.4, 0.5) is 11.4 Å². The zero-order valence-electron chi connectivity index (χ0n) is 14.0. The maximum absolute atomic E-state index is 12.2. The number of methoxy groups -OCH3 is 1. The van der Waals surface area contributed by atoms with E-state index in [0.717, 1.165) is 29.3 Å². The van der Waals surface area contributed by atoms with Crippen LogP contribution in [0.3, 0.4) is 0 Å². The van der Waals surface area contributed by atoms with Crippen molar-refractivity contribution in [2.75, 3.05) is 29.6 Å². The number of carbonyl (C=O) groups is 2. The molecular formula is C19H20N2O3S. The molecule has 0 aliphatic carbocycles. The SMILES string of the molecule is COc1ccccc1SCC(=O)Nc1cccc(N2CCCC2=O)c1.